The van der Waals surface area contributed by atoms with Crippen molar-refractivity contribution in [2.75, 3.05) is 36.2 Å². The van der Waals surface area contributed by atoms with E-state index in [-0.39, 0.29) is 95.0 Å². The molecule has 0 aliphatic carbocycles. The fourth-order valence-electron chi connectivity index (χ4n) is 8.71. The highest BCUT2D eigenvalue weighted by Crippen LogP contribution is 2.22. The number of carboxylic acid groups (broad SMARTS) is 8. The Labute approximate surface area is 650 Å². The van der Waals surface area contributed by atoms with Gasteiger partial charge in [-0.2, -0.15) is 0 Å². The van der Waals surface area contributed by atoms with Gasteiger partial charge < -0.3 is 96.6 Å². The molecule has 0 saturated heterocycles. The van der Waals surface area contributed by atoms with Crippen LogP contribution in [0.1, 0.15) is 147 Å². The van der Waals surface area contributed by atoms with E-state index < -0.39 is 65.5 Å². The van der Waals surface area contributed by atoms with E-state index in [4.69, 9.17) is 71.8 Å². The Hall–Kier alpha value is -16.2. The number of amides is 4. The zero-order chi connectivity index (χ0) is 84.2. The molecule has 8 heterocycles. The Bertz CT molecular complexity index is 4950. The fourth-order valence-corrected chi connectivity index (χ4v) is 8.71. The van der Waals surface area contributed by atoms with Crippen molar-refractivity contribution in [3.63, 3.8) is 0 Å². The summed E-state index contributed by atoms with van der Waals surface area (Å²) < 4.78 is 38.8. The number of para-hydroxylation sites is 1. The van der Waals surface area contributed by atoms with E-state index in [0.717, 1.165) is 21.8 Å². The Morgan fingerprint density at radius 1 is 0.374 bits per heavy atom. The van der Waals surface area contributed by atoms with Crippen molar-refractivity contribution >= 4 is 106 Å². The maximum atomic E-state index is 12.0. The molecule has 0 radical (unpaired) electrons. The lowest BCUT2D eigenvalue weighted by Gasteiger charge is -2.17. The van der Waals surface area contributed by atoms with Crippen LogP contribution in [0.2, 0.25) is 0 Å². The van der Waals surface area contributed by atoms with Crippen molar-refractivity contribution in [3.8, 4) is 0 Å². The van der Waals surface area contributed by atoms with Gasteiger partial charge in [-0.25, -0.2) is 19.2 Å². The maximum Gasteiger partial charge on any atom is 0.337 e. The average molecular weight is 1580 g/mol. The molecule has 596 valence electrons. The molecule has 0 aliphatic rings. The SMILES string of the molecule is CN(C(=O)c1ccco1)c1ccccc1C(=O)O.CN(CC(=O)O)C(=O)c1ccco1.O=C(O)CCC(=O)c1ccoc1.O=C(O)CCc1ccco1.O=C(O)CCc1ccoc1.O=C(O)c1ccc(/C=C/C(=O)c2ccco2)cc1.O=C(O)c1cccc(NC(=O)c2ccco2)c1.O=C(O)c1cccc(NC(=O)c2ccoc2)c1. The summed E-state index contributed by atoms with van der Waals surface area (Å²) in [6, 6.07) is 45.4. The second-order valence-corrected chi connectivity index (χ2v) is 22.8. The number of hydrogen-bond donors (Lipinski definition) is 10. The van der Waals surface area contributed by atoms with Crippen LogP contribution in [0.5, 0.6) is 0 Å². The Morgan fingerprint density at radius 2 is 0.852 bits per heavy atom. The third kappa shape index (κ3) is 33.1. The first-order valence-electron chi connectivity index (χ1n) is 33.3. The molecule has 4 aromatic carbocycles. The van der Waals surface area contributed by atoms with Gasteiger partial charge in [0.05, 0.1) is 108 Å². The number of anilines is 3. The number of allylic oxidation sites excluding steroid dienone is 1. The van der Waals surface area contributed by atoms with Gasteiger partial charge in [-0.05, 0) is 163 Å². The van der Waals surface area contributed by atoms with Crippen LogP contribution in [0.15, 0.2) is 286 Å². The average Bonchev–Trinajstić information content (AvgIpc) is 1.81. The Morgan fingerprint density at radius 3 is 1.32 bits per heavy atom. The minimum atomic E-state index is -1.08. The molecule has 0 unspecified atom stereocenters. The van der Waals surface area contributed by atoms with Gasteiger partial charge in [-0.3, -0.25) is 47.9 Å². The van der Waals surface area contributed by atoms with Gasteiger partial charge >= 0.3 is 47.8 Å². The summed E-state index contributed by atoms with van der Waals surface area (Å²) in [6.07, 6.45) is 19.8. The molecule has 115 heavy (non-hydrogen) atoms. The third-order valence-electron chi connectivity index (χ3n) is 14.4. The van der Waals surface area contributed by atoms with E-state index >= 15 is 0 Å². The first kappa shape index (κ1) is 89.5. The van der Waals surface area contributed by atoms with E-state index in [9.17, 15) is 67.1 Å². The van der Waals surface area contributed by atoms with Crippen LogP contribution >= 0.6 is 0 Å². The molecule has 0 atom stereocenters. The minimum Gasteiger partial charge on any atom is -0.481 e. The number of Topliss-reactive ketones (excluding diaryl/α,β-unsaturated/α-hetero) is 1. The Balaban J connectivity index is 0.000000237. The van der Waals surface area contributed by atoms with Gasteiger partial charge in [0, 0.05) is 44.7 Å². The molecule has 34 nitrogen and oxygen atoms in total. The predicted octanol–water partition coefficient (Wildman–Crippen LogP) is 13.9. The molecule has 4 amide bonds. The third-order valence-corrected chi connectivity index (χ3v) is 14.4. The number of aryl methyl sites for hydroxylation is 2. The molecule has 0 bridgehead atoms. The largest absolute Gasteiger partial charge is 0.481 e. The quantitative estimate of drug-likeness (QED) is 0.0178. The Kier molecular flexibility index (Phi) is 37.0. The van der Waals surface area contributed by atoms with Gasteiger partial charge in [-0.1, -0.05) is 42.5 Å². The van der Waals surface area contributed by atoms with E-state index in [2.05, 4.69) is 15.1 Å². The van der Waals surface area contributed by atoms with Crippen LogP contribution in [0.3, 0.4) is 0 Å². The smallest absolute Gasteiger partial charge is 0.337 e. The molecular formula is C81H72N4O30. The lowest BCUT2D eigenvalue weighted by atomic mass is 10.1. The van der Waals surface area contributed by atoms with Crippen LogP contribution in [-0.4, -0.2) is 149 Å². The number of aromatic carboxylic acids is 4. The summed E-state index contributed by atoms with van der Waals surface area (Å²) in [6.45, 7) is -0.334. The monoisotopic (exact) mass is 1580 g/mol. The summed E-state index contributed by atoms with van der Waals surface area (Å²) in [5.74, 6) is -8.28. The molecule has 12 aromatic rings. The number of carbonyl (C=O) groups excluding carboxylic acids is 6. The van der Waals surface area contributed by atoms with Crippen molar-refractivity contribution < 1.29 is 143 Å². The second-order valence-electron chi connectivity index (χ2n) is 22.8. The van der Waals surface area contributed by atoms with Gasteiger partial charge in [0.25, 0.3) is 23.6 Å². The number of hydrogen-bond acceptors (Lipinski definition) is 22. The maximum absolute atomic E-state index is 12.0. The molecule has 12 rings (SSSR count). The molecule has 10 N–H and O–H groups in total. The molecule has 0 spiro atoms. The van der Waals surface area contributed by atoms with Crippen LogP contribution < -0.4 is 15.5 Å². The van der Waals surface area contributed by atoms with Crippen molar-refractivity contribution in [2.24, 2.45) is 0 Å². The molecule has 0 aliphatic heterocycles. The normalized spacial score (nSPS) is 9.93. The summed E-state index contributed by atoms with van der Waals surface area (Å²) in [5.41, 5.74) is 4.17. The summed E-state index contributed by atoms with van der Waals surface area (Å²) in [7, 11) is 2.91. The fraction of sp³-hybridized carbons (Fsp3) is 0.111. The van der Waals surface area contributed by atoms with E-state index in [1.165, 1.54) is 160 Å². The highest BCUT2D eigenvalue weighted by molar-refractivity contribution is 6.08. The van der Waals surface area contributed by atoms with Crippen LogP contribution in [0.25, 0.3) is 6.08 Å². The number of nitrogens with one attached hydrogen (secondary N) is 2. The first-order chi connectivity index (χ1) is 55.0. The number of nitrogens with zero attached hydrogens (tertiary/aromatic N) is 2. The first-order valence-corrected chi connectivity index (χ1v) is 33.3. The number of furan rings is 8. The topological polar surface area (TPSA) is 536 Å². The van der Waals surface area contributed by atoms with E-state index in [0.29, 0.717) is 41.0 Å². The van der Waals surface area contributed by atoms with Crippen LogP contribution in [0.4, 0.5) is 17.1 Å². The van der Waals surface area contributed by atoms with Crippen LogP contribution in [0, 0.1) is 0 Å². The zero-order valence-electron chi connectivity index (χ0n) is 60.7. The molecule has 8 aromatic heterocycles. The number of aliphatic carboxylic acids is 4. The summed E-state index contributed by atoms with van der Waals surface area (Å²) in [4.78, 5) is 155. The van der Waals surface area contributed by atoms with Crippen molar-refractivity contribution in [1.82, 2.24) is 4.90 Å². The van der Waals surface area contributed by atoms with Crippen molar-refractivity contribution in [3.05, 3.63) is 324 Å². The number of rotatable bonds is 26. The summed E-state index contributed by atoms with van der Waals surface area (Å²) >= 11 is 0. The van der Waals surface area contributed by atoms with Gasteiger partial charge in [-0.15, -0.1) is 0 Å². The molecule has 0 saturated carbocycles. The number of likely N-dealkylation sites (N-methyl/N-ethyl adjacent to an activating group) is 1. The zero-order valence-corrected chi connectivity index (χ0v) is 60.7. The standard InChI is InChI=1S/C14H10O4.C13H11NO4.2C12H9NO4.C8H9NO4.C8H8O4.2C7H8O3/c15-12(13-2-1-9-18-13)8-5-10-3-6-11(7-4-10)14(16)17;1-14(12(15)11-7-4-8-18-11)10-6-3-2-5-9(10)13(16)17;14-11(10-5-2-6-17-10)13-9-4-1-3-8(7-9)12(15)16;14-11(9-4-5-17-7-9)13-10-3-1-2-8(6-10)12(15)16;1-9(5-7(10)11)8(12)6-3-2-4-13-6;9-7(1-2-8(10)11)6-3-4-12-5-6;8-7(9)2-1-6-3-4-10-5-6;8-7(9)4-3-6-2-1-5-10-6/h1-9H,(H,16,17);2-8H,1H3,(H,16,17);2*1-7H,(H,13,14)(H,15,16);2-4H,5H2,1H3,(H,10,11);3-5H,1-2H2,(H,10,11);3-5H,1-2H2,(H,8,9);1-2,5H,3-4H2,(H,8,9)/b8-5+;;;;;;;. The number of ketones is 2. The van der Waals surface area contributed by atoms with Crippen molar-refractivity contribution in [2.45, 2.75) is 38.5 Å². The van der Waals surface area contributed by atoms with Crippen LogP contribution in [-0.2, 0) is 32.0 Å². The highest BCUT2D eigenvalue weighted by Gasteiger charge is 2.22. The van der Waals surface area contributed by atoms with E-state index in [1.807, 2.05) is 0 Å². The van der Waals surface area contributed by atoms with Gasteiger partial charge in [0.2, 0.25) is 5.78 Å². The molecule has 0 fully saturated rings. The van der Waals surface area contributed by atoms with Gasteiger partial charge in [0.15, 0.2) is 28.8 Å². The van der Waals surface area contributed by atoms with Gasteiger partial charge in [0.1, 0.15) is 24.8 Å². The molecular weight excluding hydrogens is 1510 g/mol. The number of benzene rings is 4. The highest BCUT2D eigenvalue weighted by atomic mass is 16.4. The van der Waals surface area contributed by atoms with Crippen molar-refractivity contribution in [1.29, 1.82) is 0 Å². The molecule has 34 heteroatoms. The number of carboxylic acids is 8. The van der Waals surface area contributed by atoms with E-state index in [1.54, 1.807) is 115 Å². The second kappa shape index (κ2) is 47.6. The summed E-state index contributed by atoms with van der Waals surface area (Å²) in [5, 5.41) is 73.8. The lowest BCUT2D eigenvalue weighted by Crippen LogP contribution is -2.31. The minimum absolute atomic E-state index is 0.0227. The predicted molar refractivity (Wildman–Crippen MR) is 403 cm³/mol. The lowest BCUT2D eigenvalue weighted by molar-refractivity contribution is -0.138. The number of carbonyl (C=O) groups is 14.